The van der Waals surface area contributed by atoms with E-state index in [9.17, 15) is 13.6 Å². The first-order chi connectivity index (χ1) is 15.4. The Morgan fingerprint density at radius 1 is 0.938 bits per heavy atom. The Labute approximate surface area is 186 Å². The van der Waals surface area contributed by atoms with Crippen molar-refractivity contribution in [1.29, 1.82) is 0 Å². The summed E-state index contributed by atoms with van der Waals surface area (Å²) < 4.78 is 39.4. The molecule has 0 aliphatic carbocycles. The number of rotatable bonds is 5. The van der Waals surface area contributed by atoms with E-state index in [-0.39, 0.29) is 44.4 Å². The molecule has 32 heavy (non-hydrogen) atoms. The molecule has 1 N–H and O–H groups in total. The van der Waals surface area contributed by atoms with Gasteiger partial charge in [-0.05, 0) is 29.8 Å². The van der Waals surface area contributed by atoms with Crippen LogP contribution in [0.4, 0.5) is 8.78 Å². The van der Waals surface area contributed by atoms with Gasteiger partial charge < -0.3 is 9.47 Å². The Bertz CT molecular complexity index is 1380. The van der Waals surface area contributed by atoms with Crippen LogP contribution in [0, 0.1) is 11.6 Å². The molecule has 2 aromatic carbocycles. The molecule has 0 saturated carbocycles. The Hall–Kier alpha value is -3.78. The van der Waals surface area contributed by atoms with Gasteiger partial charge in [0.15, 0.2) is 0 Å². The Kier molecular flexibility index (Phi) is 5.87. The van der Waals surface area contributed by atoms with Gasteiger partial charge in [-0.3, -0.25) is 9.78 Å². The lowest BCUT2D eigenvalue weighted by molar-refractivity contribution is 0.411. The topological polar surface area (TPSA) is 77.1 Å². The van der Waals surface area contributed by atoms with Crippen LogP contribution in [0.3, 0.4) is 0 Å². The molecule has 0 saturated heterocycles. The molecule has 2 aromatic heterocycles. The highest BCUT2D eigenvalue weighted by Gasteiger charge is 2.24. The molecule has 2 heterocycles. The van der Waals surface area contributed by atoms with E-state index in [1.807, 2.05) is 0 Å². The van der Waals surface area contributed by atoms with Crippen molar-refractivity contribution in [2.45, 2.75) is 0 Å². The minimum absolute atomic E-state index is 0.00133. The van der Waals surface area contributed by atoms with Crippen molar-refractivity contribution >= 4 is 11.6 Å². The zero-order valence-electron chi connectivity index (χ0n) is 16.9. The monoisotopic (exact) mass is 455 g/mol. The standard InChI is InChI=1S/C23H16ClF2N3O3/c1-31-14-8-12(7-13(25)9-14)19-20(22-17(24)10-15(32-2)11-27-22)23(30)29-28-21(19)16-5-3-4-6-18(16)26/h3-11H,1-2H3,(H,29,30). The maximum atomic E-state index is 14.7. The summed E-state index contributed by atoms with van der Waals surface area (Å²) in [6, 6.07) is 11.3. The summed E-state index contributed by atoms with van der Waals surface area (Å²) in [5.74, 6) is -0.595. The highest BCUT2D eigenvalue weighted by atomic mass is 35.5. The summed E-state index contributed by atoms with van der Waals surface area (Å²) >= 11 is 6.41. The predicted octanol–water partition coefficient (Wildman–Crippen LogP) is 5.11. The SMILES string of the molecule is COc1cc(F)cc(-c2c(-c3ccccc3F)n[nH]c(=O)c2-c2ncc(OC)cc2Cl)c1. The molecular formula is C23H16ClF2N3O3. The van der Waals surface area contributed by atoms with Crippen LogP contribution in [0.15, 0.2) is 59.5 Å². The van der Waals surface area contributed by atoms with Gasteiger partial charge in [0.2, 0.25) is 0 Å². The van der Waals surface area contributed by atoms with Crippen molar-refractivity contribution in [3.8, 4) is 45.1 Å². The Morgan fingerprint density at radius 3 is 2.38 bits per heavy atom. The highest BCUT2D eigenvalue weighted by molar-refractivity contribution is 6.33. The van der Waals surface area contributed by atoms with Crippen LogP contribution in [0.5, 0.6) is 11.5 Å². The molecule has 0 bridgehead atoms. The number of H-pyrrole nitrogens is 1. The van der Waals surface area contributed by atoms with E-state index < -0.39 is 17.2 Å². The molecule has 4 rings (SSSR count). The van der Waals surface area contributed by atoms with Gasteiger partial charge in [-0.1, -0.05) is 23.7 Å². The number of methoxy groups -OCH3 is 2. The van der Waals surface area contributed by atoms with Gasteiger partial charge in [-0.15, -0.1) is 0 Å². The van der Waals surface area contributed by atoms with E-state index in [0.29, 0.717) is 5.75 Å². The molecule has 0 fully saturated rings. The lowest BCUT2D eigenvalue weighted by Crippen LogP contribution is -2.15. The number of benzene rings is 2. The number of halogens is 3. The van der Waals surface area contributed by atoms with Gasteiger partial charge in [-0.25, -0.2) is 13.9 Å². The van der Waals surface area contributed by atoms with Crippen LogP contribution in [0.2, 0.25) is 5.02 Å². The lowest BCUT2D eigenvalue weighted by Gasteiger charge is -2.16. The van der Waals surface area contributed by atoms with Crippen molar-refractivity contribution in [3.63, 3.8) is 0 Å². The first-order valence-corrected chi connectivity index (χ1v) is 9.73. The van der Waals surface area contributed by atoms with Gasteiger partial charge in [0.1, 0.15) is 28.8 Å². The summed E-state index contributed by atoms with van der Waals surface area (Å²) in [5, 5.41) is 6.57. The predicted molar refractivity (Wildman–Crippen MR) is 117 cm³/mol. The van der Waals surface area contributed by atoms with Gasteiger partial charge >= 0.3 is 0 Å². The third kappa shape index (κ3) is 3.92. The number of hydrogen-bond acceptors (Lipinski definition) is 5. The number of nitrogens with zero attached hydrogens (tertiary/aromatic N) is 2. The summed E-state index contributed by atoms with van der Waals surface area (Å²) in [5.41, 5.74) is 0.0406. The zero-order chi connectivity index (χ0) is 22.8. The quantitative estimate of drug-likeness (QED) is 0.452. The van der Waals surface area contributed by atoms with Crippen molar-refractivity contribution < 1.29 is 18.3 Å². The number of aromatic nitrogens is 3. The van der Waals surface area contributed by atoms with E-state index in [1.54, 1.807) is 6.07 Å². The maximum absolute atomic E-state index is 14.7. The van der Waals surface area contributed by atoms with Gasteiger partial charge in [-0.2, -0.15) is 5.10 Å². The van der Waals surface area contributed by atoms with Crippen LogP contribution in [-0.4, -0.2) is 29.4 Å². The van der Waals surface area contributed by atoms with Crippen LogP contribution in [0.1, 0.15) is 0 Å². The summed E-state index contributed by atoms with van der Waals surface area (Å²) in [7, 11) is 2.84. The molecule has 4 aromatic rings. The molecule has 6 nitrogen and oxygen atoms in total. The largest absolute Gasteiger partial charge is 0.497 e. The van der Waals surface area contributed by atoms with E-state index >= 15 is 0 Å². The number of ether oxygens (including phenoxy) is 2. The molecule has 0 radical (unpaired) electrons. The van der Waals surface area contributed by atoms with Crippen LogP contribution in [0.25, 0.3) is 33.6 Å². The molecule has 0 atom stereocenters. The molecule has 0 spiro atoms. The highest BCUT2D eigenvalue weighted by Crippen LogP contribution is 2.40. The minimum Gasteiger partial charge on any atom is -0.497 e. The molecule has 0 amide bonds. The normalized spacial score (nSPS) is 10.8. The number of hydrogen-bond donors (Lipinski definition) is 1. The number of nitrogens with one attached hydrogen (secondary N) is 1. The first-order valence-electron chi connectivity index (χ1n) is 9.35. The van der Waals surface area contributed by atoms with E-state index in [2.05, 4.69) is 15.2 Å². The molecule has 0 aliphatic rings. The maximum Gasteiger partial charge on any atom is 0.274 e. The average Bonchev–Trinajstić information content (AvgIpc) is 2.79. The second kappa shape index (κ2) is 8.76. The second-order valence-electron chi connectivity index (χ2n) is 6.72. The smallest absolute Gasteiger partial charge is 0.274 e. The summed E-state index contributed by atoms with van der Waals surface area (Å²) in [6.07, 6.45) is 1.39. The Morgan fingerprint density at radius 2 is 1.69 bits per heavy atom. The minimum atomic E-state index is -0.636. The number of pyridine rings is 1. The zero-order valence-corrected chi connectivity index (χ0v) is 17.7. The fraction of sp³-hybridized carbons (Fsp3) is 0.0870. The Balaban J connectivity index is 2.13. The van der Waals surface area contributed by atoms with Crippen molar-refractivity contribution in [1.82, 2.24) is 15.2 Å². The molecular weight excluding hydrogens is 440 g/mol. The van der Waals surface area contributed by atoms with Gasteiger partial charge in [0.25, 0.3) is 5.56 Å². The number of aromatic amines is 1. The second-order valence-corrected chi connectivity index (χ2v) is 7.12. The first kappa shape index (κ1) is 21.5. The van der Waals surface area contributed by atoms with E-state index in [0.717, 1.165) is 0 Å². The van der Waals surface area contributed by atoms with Gasteiger partial charge in [0.05, 0.1) is 36.7 Å². The van der Waals surface area contributed by atoms with Crippen molar-refractivity contribution in [2.75, 3.05) is 14.2 Å². The average molecular weight is 456 g/mol. The third-order valence-electron chi connectivity index (χ3n) is 4.80. The molecule has 9 heteroatoms. The van der Waals surface area contributed by atoms with Crippen molar-refractivity contribution in [2.24, 2.45) is 0 Å². The summed E-state index contributed by atoms with van der Waals surface area (Å²) in [4.78, 5) is 17.2. The molecule has 0 aliphatic heterocycles. The lowest BCUT2D eigenvalue weighted by atomic mass is 9.93. The van der Waals surface area contributed by atoms with E-state index in [4.69, 9.17) is 21.1 Å². The van der Waals surface area contributed by atoms with Crippen LogP contribution >= 0.6 is 11.6 Å². The van der Waals surface area contributed by atoms with Crippen LogP contribution < -0.4 is 15.0 Å². The summed E-state index contributed by atoms with van der Waals surface area (Å²) in [6.45, 7) is 0. The van der Waals surface area contributed by atoms with Crippen LogP contribution in [-0.2, 0) is 0 Å². The molecule has 162 valence electrons. The van der Waals surface area contributed by atoms with Gasteiger partial charge in [0, 0.05) is 23.3 Å². The van der Waals surface area contributed by atoms with Crippen molar-refractivity contribution in [3.05, 3.63) is 81.7 Å². The third-order valence-corrected chi connectivity index (χ3v) is 5.08. The molecule has 0 unspecified atom stereocenters. The van der Waals surface area contributed by atoms with E-state index in [1.165, 1.54) is 62.9 Å². The fourth-order valence-corrected chi connectivity index (χ4v) is 3.60. The fourth-order valence-electron chi connectivity index (χ4n) is 3.35.